The van der Waals surface area contributed by atoms with Gasteiger partial charge in [-0.05, 0) is 24.3 Å². The van der Waals surface area contributed by atoms with Crippen LogP contribution in [-0.4, -0.2) is 40.9 Å². The minimum Gasteiger partial charge on any atom is -0.474 e. The van der Waals surface area contributed by atoms with Crippen LogP contribution in [0.25, 0.3) is 11.3 Å². The first-order chi connectivity index (χ1) is 15.5. The van der Waals surface area contributed by atoms with Gasteiger partial charge in [-0.3, -0.25) is 15.2 Å². The monoisotopic (exact) mass is 431 g/mol. The van der Waals surface area contributed by atoms with Crippen molar-refractivity contribution in [2.24, 2.45) is 0 Å². The maximum Gasteiger partial charge on any atom is 0.225 e. The quantitative estimate of drug-likeness (QED) is 0.512. The van der Waals surface area contributed by atoms with Crippen LogP contribution in [0, 0.1) is 5.41 Å². The van der Waals surface area contributed by atoms with Crippen molar-refractivity contribution in [3.63, 3.8) is 0 Å². The van der Waals surface area contributed by atoms with Crippen molar-refractivity contribution in [2.45, 2.75) is 25.9 Å². The zero-order chi connectivity index (χ0) is 22.5. The van der Waals surface area contributed by atoms with E-state index in [1.807, 2.05) is 24.3 Å². The Morgan fingerprint density at radius 1 is 1.16 bits per heavy atom. The Kier molecular flexibility index (Phi) is 6.42. The summed E-state index contributed by atoms with van der Waals surface area (Å²) in [6.45, 7) is 2.74. The van der Waals surface area contributed by atoms with Gasteiger partial charge in [0.15, 0.2) is 0 Å². The Morgan fingerprint density at radius 2 is 1.91 bits per heavy atom. The number of ether oxygens (including phenoxy) is 2. The fraction of sp³-hybridized carbons (Fsp3) is 0.250. The first kappa shape index (κ1) is 21.5. The van der Waals surface area contributed by atoms with Gasteiger partial charge in [-0.2, -0.15) is 0 Å². The molecule has 8 nitrogen and oxygen atoms in total. The summed E-state index contributed by atoms with van der Waals surface area (Å²) in [5.74, 6) is 0.179. The number of pyridine rings is 2. The average Bonchev–Trinajstić information content (AvgIpc) is 2.80. The zero-order valence-corrected chi connectivity index (χ0v) is 17.8. The second-order valence-corrected chi connectivity index (χ2v) is 7.54. The van der Waals surface area contributed by atoms with E-state index in [0.717, 1.165) is 18.4 Å². The van der Waals surface area contributed by atoms with Crippen molar-refractivity contribution in [3.8, 4) is 17.1 Å². The molecule has 0 atom stereocenters. The van der Waals surface area contributed by atoms with Gasteiger partial charge in [0.05, 0.1) is 35.9 Å². The highest BCUT2D eigenvalue weighted by Gasteiger charge is 2.22. The number of anilines is 2. The zero-order valence-electron chi connectivity index (χ0n) is 17.8. The standard InChI is InChI=1S/C24H25N5O3/c1-15(30)29-20-5-3-2-4-18(20)21-14-16(6-10-27-21)23(26)22-19(25)7-11-28-24(22)32-17-8-12-31-13-9-17/h2-7,10-11,14,17,26H,8-9,12-13H2,1H3,(H2,25,28)(H,29,30). The summed E-state index contributed by atoms with van der Waals surface area (Å²) >= 11 is 0. The van der Waals surface area contributed by atoms with E-state index in [-0.39, 0.29) is 17.7 Å². The molecular weight excluding hydrogens is 406 g/mol. The number of carbonyl (C=O) groups is 1. The molecule has 8 heteroatoms. The highest BCUT2D eigenvalue weighted by molar-refractivity contribution is 6.15. The fourth-order valence-corrected chi connectivity index (χ4v) is 3.63. The van der Waals surface area contributed by atoms with Crippen molar-refractivity contribution in [3.05, 3.63) is 66.0 Å². The van der Waals surface area contributed by atoms with Crippen LogP contribution in [0.5, 0.6) is 5.88 Å². The smallest absolute Gasteiger partial charge is 0.225 e. The number of hydrogen-bond acceptors (Lipinski definition) is 7. The minimum atomic E-state index is -0.167. The molecule has 0 radical (unpaired) electrons. The van der Waals surface area contributed by atoms with Crippen LogP contribution >= 0.6 is 0 Å². The lowest BCUT2D eigenvalue weighted by molar-refractivity contribution is -0.114. The van der Waals surface area contributed by atoms with Gasteiger partial charge in [-0.15, -0.1) is 0 Å². The molecule has 1 saturated heterocycles. The predicted molar refractivity (Wildman–Crippen MR) is 123 cm³/mol. The van der Waals surface area contributed by atoms with Crippen LogP contribution in [0.2, 0.25) is 0 Å². The van der Waals surface area contributed by atoms with Crippen molar-refractivity contribution in [1.29, 1.82) is 5.41 Å². The van der Waals surface area contributed by atoms with Gasteiger partial charge in [-0.25, -0.2) is 4.98 Å². The second kappa shape index (κ2) is 9.57. The number of nitrogens with zero attached hydrogens (tertiary/aromatic N) is 2. The lowest BCUT2D eigenvalue weighted by Crippen LogP contribution is -2.27. The molecule has 1 aromatic carbocycles. The van der Waals surface area contributed by atoms with E-state index in [2.05, 4.69) is 15.3 Å². The summed E-state index contributed by atoms with van der Waals surface area (Å²) in [4.78, 5) is 20.4. The number of nitrogens with two attached hydrogens (primary N) is 1. The number of rotatable bonds is 6. The maximum atomic E-state index is 11.6. The SMILES string of the molecule is CC(=O)Nc1ccccc1-c1cc(C(=N)c2c(N)ccnc2OC2CCOCC2)ccn1. The molecule has 3 heterocycles. The number of benzene rings is 1. The normalized spacial score (nSPS) is 14.0. The summed E-state index contributed by atoms with van der Waals surface area (Å²) in [5, 5.41) is 11.7. The van der Waals surface area contributed by atoms with Crippen LogP contribution in [0.3, 0.4) is 0 Å². The summed E-state index contributed by atoms with van der Waals surface area (Å²) in [7, 11) is 0. The third-order valence-electron chi connectivity index (χ3n) is 5.21. The number of para-hydroxylation sites is 1. The molecule has 1 amide bonds. The first-order valence-corrected chi connectivity index (χ1v) is 10.4. The van der Waals surface area contributed by atoms with Crippen molar-refractivity contribution >= 4 is 23.0 Å². The van der Waals surface area contributed by atoms with Gasteiger partial charge in [0.1, 0.15) is 6.10 Å². The fourth-order valence-electron chi connectivity index (χ4n) is 3.63. The highest BCUT2D eigenvalue weighted by Crippen LogP contribution is 2.30. The molecule has 32 heavy (non-hydrogen) atoms. The van der Waals surface area contributed by atoms with Gasteiger partial charge >= 0.3 is 0 Å². The molecule has 1 aliphatic heterocycles. The van der Waals surface area contributed by atoms with Crippen molar-refractivity contribution in [2.75, 3.05) is 24.3 Å². The molecule has 164 valence electrons. The third kappa shape index (κ3) is 4.76. The molecule has 0 unspecified atom stereocenters. The average molecular weight is 431 g/mol. The Labute approximate surface area is 186 Å². The minimum absolute atomic E-state index is 0.0258. The molecule has 0 saturated carbocycles. The Morgan fingerprint density at radius 3 is 2.69 bits per heavy atom. The Hall–Kier alpha value is -3.78. The van der Waals surface area contributed by atoms with Gasteiger partial charge in [-0.1, -0.05) is 18.2 Å². The number of carbonyl (C=O) groups excluding carboxylic acids is 1. The molecule has 4 rings (SSSR count). The van der Waals surface area contributed by atoms with E-state index in [1.165, 1.54) is 6.92 Å². The topological polar surface area (TPSA) is 123 Å². The van der Waals surface area contributed by atoms with Crippen molar-refractivity contribution in [1.82, 2.24) is 9.97 Å². The number of aromatic nitrogens is 2. The lowest BCUT2D eigenvalue weighted by atomic mass is 10.00. The summed E-state index contributed by atoms with van der Waals surface area (Å²) in [5.41, 5.74) is 9.97. The van der Waals surface area contributed by atoms with E-state index in [1.54, 1.807) is 30.6 Å². The van der Waals surface area contributed by atoms with Crippen LogP contribution in [-0.2, 0) is 9.53 Å². The van der Waals surface area contributed by atoms with Gasteiger partial charge in [0.25, 0.3) is 0 Å². The third-order valence-corrected chi connectivity index (χ3v) is 5.21. The van der Waals surface area contributed by atoms with E-state index in [0.29, 0.717) is 47.3 Å². The van der Waals surface area contributed by atoms with Gasteiger partial charge < -0.3 is 20.5 Å². The van der Waals surface area contributed by atoms with Crippen LogP contribution < -0.4 is 15.8 Å². The molecule has 3 aromatic rings. The number of hydrogen-bond donors (Lipinski definition) is 3. The summed E-state index contributed by atoms with van der Waals surface area (Å²) in [6, 6.07) is 12.6. The lowest BCUT2D eigenvalue weighted by Gasteiger charge is -2.24. The molecule has 1 fully saturated rings. The molecule has 0 bridgehead atoms. The van der Waals surface area contributed by atoms with Gasteiger partial charge in [0, 0.05) is 49.0 Å². The first-order valence-electron chi connectivity index (χ1n) is 10.4. The van der Waals surface area contributed by atoms with Gasteiger partial charge in [0.2, 0.25) is 11.8 Å². The molecule has 4 N–H and O–H groups in total. The molecular formula is C24H25N5O3. The van der Waals surface area contributed by atoms with E-state index in [9.17, 15) is 4.79 Å². The number of nitrogen functional groups attached to an aromatic ring is 1. The van der Waals surface area contributed by atoms with Crippen molar-refractivity contribution < 1.29 is 14.3 Å². The largest absolute Gasteiger partial charge is 0.474 e. The molecule has 1 aliphatic rings. The van der Waals surface area contributed by atoms with E-state index < -0.39 is 0 Å². The van der Waals surface area contributed by atoms with E-state index in [4.69, 9.17) is 20.6 Å². The Balaban J connectivity index is 1.68. The van der Waals surface area contributed by atoms with Crippen LogP contribution in [0.15, 0.2) is 54.9 Å². The summed E-state index contributed by atoms with van der Waals surface area (Å²) < 4.78 is 11.5. The highest BCUT2D eigenvalue weighted by atomic mass is 16.5. The number of nitrogens with one attached hydrogen (secondary N) is 2. The number of amides is 1. The molecule has 2 aromatic heterocycles. The maximum absolute atomic E-state index is 11.6. The second-order valence-electron chi connectivity index (χ2n) is 7.54. The predicted octanol–water partition coefficient (Wildman–Crippen LogP) is 3.66. The Bertz CT molecular complexity index is 1140. The van der Waals surface area contributed by atoms with E-state index >= 15 is 0 Å². The molecule has 0 spiro atoms. The summed E-state index contributed by atoms with van der Waals surface area (Å²) in [6.07, 6.45) is 4.73. The van der Waals surface area contributed by atoms with Crippen LogP contribution in [0.4, 0.5) is 11.4 Å². The van der Waals surface area contributed by atoms with Crippen LogP contribution in [0.1, 0.15) is 30.9 Å². The molecule has 0 aliphatic carbocycles.